The summed E-state index contributed by atoms with van der Waals surface area (Å²) in [6.07, 6.45) is 4.98. The number of carbonyl (C=O) groups is 2. The molecule has 1 aromatic heterocycles. The van der Waals surface area contributed by atoms with Gasteiger partial charge in [-0.05, 0) is 52.0 Å². The van der Waals surface area contributed by atoms with Crippen LogP contribution in [-0.2, 0) is 20.7 Å². The summed E-state index contributed by atoms with van der Waals surface area (Å²) in [6, 6.07) is 9.31. The van der Waals surface area contributed by atoms with E-state index in [-0.39, 0.29) is 25.2 Å². The number of benzene rings is 1. The molecule has 0 saturated heterocycles. The van der Waals surface area contributed by atoms with Gasteiger partial charge in [-0.1, -0.05) is 29.3 Å². The normalized spacial score (nSPS) is 10.1. The van der Waals surface area contributed by atoms with Crippen molar-refractivity contribution in [1.82, 2.24) is 9.78 Å². The summed E-state index contributed by atoms with van der Waals surface area (Å²) >= 11 is 0. The van der Waals surface area contributed by atoms with Crippen molar-refractivity contribution in [2.45, 2.75) is 34.1 Å². The van der Waals surface area contributed by atoms with Crippen LogP contribution in [-0.4, -0.2) is 34.9 Å². The van der Waals surface area contributed by atoms with E-state index in [1.165, 1.54) is 6.20 Å². The molecule has 6 nitrogen and oxygen atoms in total. The monoisotopic (exact) mass is 382 g/mol. The number of esters is 2. The van der Waals surface area contributed by atoms with Gasteiger partial charge in [-0.2, -0.15) is 5.10 Å². The highest BCUT2D eigenvalue weighted by molar-refractivity contribution is 5.92. The van der Waals surface area contributed by atoms with Crippen LogP contribution >= 0.6 is 0 Å². The molecule has 148 valence electrons. The van der Waals surface area contributed by atoms with Crippen molar-refractivity contribution in [3.63, 3.8) is 0 Å². The third-order valence-electron chi connectivity index (χ3n) is 3.84. The zero-order valence-corrected chi connectivity index (χ0v) is 16.8. The van der Waals surface area contributed by atoms with Gasteiger partial charge in [-0.25, -0.2) is 9.48 Å². The third kappa shape index (κ3) is 6.23. The van der Waals surface area contributed by atoms with Gasteiger partial charge in [0.1, 0.15) is 18.8 Å². The molecule has 0 aliphatic heterocycles. The third-order valence-corrected chi connectivity index (χ3v) is 3.84. The smallest absolute Gasteiger partial charge is 0.341 e. The van der Waals surface area contributed by atoms with Gasteiger partial charge < -0.3 is 9.47 Å². The summed E-state index contributed by atoms with van der Waals surface area (Å²) in [4.78, 5) is 24.8. The van der Waals surface area contributed by atoms with Crippen LogP contribution in [0.15, 0.2) is 59.8 Å². The molecular formula is C22H26N2O4. The van der Waals surface area contributed by atoms with Crippen molar-refractivity contribution in [1.29, 1.82) is 0 Å². The maximum Gasteiger partial charge on any atom is 0.341 e. The van der Waals surface area contributed by atoms with Gasteiger partial charge in [-0.3, -0.25) is 4.79 Å². The summed E-state index contributed by atoms with van der Waals surface area (Å²) in [5.41, 5.74) is 3.56. The van der Waals surface area contributed by atoms with Crippen LogP contribution in [0, 0.1) is 0 Å². The molecule has 0 aliphatic carbocycles. The number of para-hydroxylation sites is 1. The Labute approximate surface area is 165 Å². The fraction of sp³-hybridized carbons (Fsp3) is 0.318. The lowest BCUT2D eigenvalue weighted by molar-refractivity contribution is -0.141. The second kappa shape index (κ2) is 10.3. The van der Waals surface area contributed by atoms with Crippen molar-refractivity contribution in [3.05, 3.63) is 71.1 Å². The summed E-state index contributed by atoms with van der Waals surface area (Å²) in [5.74, 6) is -0.958. The Morgan fingerprint density at radius 2 is 1.57 bits per heavy atom. The maximum atomic E-state index is 12.5. The van der Waals surface area contributed by atoms with Gasteiger partial charge in [0.05, 0.1) is 24.0 Å². The van der Waals surface area contributed by atoms with E-state index in [9.17, 15) is 9.59 Å². The van der Waals surface area contributed by atoms with Crippen LogP contribution in [0.3, 0.4) is 0 Å². The lowest BCUT2D eigenvalue weighted by Crippen LogP contribution is -2.16. The molecule has 0 amide bonds. The van der Waals surface area contributed by atoms with E-state index in [4.69, 9.17) is 9.47 Å². The Balaban J connectivity index is 2.26. The largest absolute Gasteiger partial charge is 0.461 e. The van der Waals surface area contributed by atoms with E-state index in [0.717, 1.165) is 16.8 Å². The maximum absolute atomic E-state index is 12.5. The second-order valence-corrected chi connectivity index (χ2v) is 6.77. The summed E-state index contributed by atoms with van der Waals surface area (Å²) in [5, 5.41) is 4.29. The van der Waals surface area contributed by atoms with Crippen molar-refractivity contribution >= 4 is 11.9 Å². The van der Waals surface area contributed by atoms with Crippen molar-refractivity contribution < 1.29 is 19.1 Å². The summed E-state index contributed by atoms with van der Waals surface area (Å²) in [6.45, 7) is 8.07. The molecule has 0 saturated carbocycles. The molecule has 0 unspecified atom stereocenters. The topological polar surface area (TPSA) is 70.4 Å². The Kier molecular flexibility index (Phi) is 7.75. The lowest BCUT2D eigenvalue weighted by Gasteiger charge is -2.09. The molecule has 28 heavy (non-hydrogen) atoms. The molecule has 0 bridgehead atoms. The minimum absolute atomic E-state index is 0.0847. The van der Waals surface area contributed by atoms with Crippen molar-refractivity contribution in [2.75, 3.05) is 13.2 Å². The second-order valence-electron chi connectivity index (χ2n) is 6.77. The SMILES string of the molecule is CC(C)=CCOC(=O)Cc1c(C(=O)OCC=C(C)C)cnn1-c1ccccc1. The lowest BCUT2D eigenvalue weighted by atomic mass is 10.2. The van der Waals surface area contributed by atoms with Crippen LogP contribution in [0.5, 0.6) is 0 Å². The molecule has 6 heteroatoms. The fourth-order valence-electron chi connectivity index (χ4n) is 2.36. The molecule has 0 N–H and O–H groups in total. The van der Waals surface area contributed by atoms with E-state index >= 15 is 0 Å². The van der Waals surface area contributed by atoms with Crippen LogP contribution in [0.2, 0.25) is 0 Å². The van der Waals surface area contributed by atoms with Gasteiger partial charge >= 0.3 is 11.9 Å². The molecule has 0 fully saturated rings. The molecule has 2 rings (SSSR count). The standard InChI is InChI=1S/C22H26N2O4/c1-16(2)10-12-27-21(25)14-20-19(22(26)28-13-11-17(3)4)15-23-24(20)18-8-6-5-7-9-18/h5-11,15H,12-14H2,1-4H3. The first-order valence-electron chi connectivity index (χ1n) is 9.10. The number of nitrogens with zero attached hydrogens (tertiary/aromatic N) is 2. The molecule has 2 aromatic rings. The van der Waals surface area contributed by atoms with Gasteiger partial charge in [0.25, 0.3) is 0 Å². The first kappa shape index (κ1) is 21.2. The van der Waals surface area contributed by atoms with Crippen molar-refractivity contribution in [2.24, 2.45) is 0 Å². The fourth-order valence-corrected chi connectivity index (χ4v) is 2.36. The number of ether oxygens (including phenoxy) is 2. The van der Waals surface area contributed by atoms with E-state index in [1.807, 2.05) is 70.2 Å². The Hall–Kier alpha value is -3.15. The van der Waals surface area contributed by atoms with Gasteiger partial charge in [0, 0.05) is 0 Å². The minimum Gasteiger partial charge on any atom is -0.461 e. The van der Waals surface area contributed by atoms with E-state index in [1.54, 1.807) is 4.68 Å². The quantitative estimate of drug-likeness (QED) is 0.509. The summed E-state index contributed by atoms with van der Waals surface area (Å²) < 4.78 is 12.1. The van der Waals surface area contributed by atoms with Gasteiger partial charge in [0.2, 0.25) is 0 Å². The summed E-state index contributed by atoms with van der Waals surface area (Å²) in [7, 11) is 0. The van der Waals surface area contributed by atoms with Crippen molar-refractivity contribution in [3.8, 4) is 5.69 Å². The first-order chi connectivity index (χ1) is 13.4. The number of allylic oxidation sites excluding steroid dienone is 2. The predicted molar refractivity (Wildman–Crippen MR) is 107 cm³/mol. The van der Waals surface area contributed by atoms with Crippen LogP contribution in [0.4, 0.5) is 0 Å². The number of hydrogen-bond acceptors (Lipinski definition) is 5. The zero-order valence-electron chi connectivity index (χ0n) is 16.8. The van der Waals surface area contributed by atoms with E-state index in [2.05, 4.69) is 5.10 Å². The molecule has 1 heterocycles. The number of rotatable bonds is 8. The Morgan fingerprint density at radius 3 is 2.18 bits per heavy atom. The minimum atomic E-state index is -0.522. The Morgan fingerprint density at radius 1 is 0.964 bits per heavy atom. The number of aromatic nitrogens is 2. The average molecular weight is 382 g/mol. The average Bonchev–Trinajstić information content (AvgIpc) is 3.05. The highest BCUT2D eigenvalue weighted by Gasteiger charge is 2.22. The molecule has 0 atom stereocenters. The van der Waals surface area contributed by atoms with Gasteiger partial charge in [0.15, 0.2) is 0 Å². The van der Waals surface area contributed by atoms with Crippen LogP contribution < -0.4 is 0 Å². The molecule has 0 aliphatic rings. The highest BCUT2D eigenvalue weighted by atomic mass is 16.5. The van der Waals surface area contributed by atoms with Crippen LogP contribution in [0.25, 0.3) is 5.69 Å². The zero-order chi connectivity index (χ0) is 20.5. The van der Waals surface area contributed by atoms with Gasteiger partial charge in [-0.15, -0.1) is 0 Å². The first-order valence-corrected chi connectivity index (χ1v) is 9.10. The van der Waals surface area contributed by atoms with E-state index in [0.29, 0.717) is 5.69 Å². The highest BCUT2D eigenvalue weighted by Crippen LogP contribution is 2.17. The molecule has 0 radical (unpaired) electrons. The molecular weight excluding hydrogens is 356 g/mol. The van der Waals surface area contributed by atoms with E-state index < -0.39 is 11.9 Å². The molecule has 1 aromatic carbocycles. The predicted octanol–water partition coefficient (Wildman–Crippen LogP) is 4.05. The van der Waals surface area contributed by atoms with Crippen LogP contribution in [0.1, 0.15) is 43.7 Å². The number of hydrogen-bond donors (Lipinski definition) is 0. The Bertz CT molecular complexity index is 871. The number of carbonyl (C=O) groups excluding carboxylic acids is 2. The molecule has 0 spiro atoms.